The second-order valence-corrected chi connectivity index (χ2v) is 29.6. The molecule has 0 fully saturated rings. The molecule has 0 saturated carbocycles. The molecule has 0 saturated heterocycles. The quantitative estimate of drug-likeness (QED) is 0.0169. The topological polar surface area (TPSA) is 237 Å². The van der Waals surface area contributed by atoms with Crippen molar-refractivity contribution in [1.29, 1.82) is 0 Å². The van der Waals surface area contributed by atoms with Gasteiger partial charge in [-0.05, 0) is 109 Å². The maximum atomic E-state index is 13.1. The Balaban J connectivity index is 5.30. The number of aliphatic hydroxyl groups excluding tert-OH is 1. The number of ether oxygens (including phenoxy) is 4. The predicted octanol–water partition coefficient (Wildman–Crippen LogP) is 22.7. The number of aliphatic hydroxyl groups is 1. The minimum Gasteiger partial charge on any atom is -0.462 e. The molecule has 0 rings (SSSR count). The van der Waals surface area contributed by atoms with Gasteiger partial charge >= 0.3 is 39.5 Å². The highest BCUT2D eigenvalue weighted by molar-refractivity contribution is 7.47. The van der Waals surface area contributed by atoms with Crippen LogP contribution in [0, 0.1) is 0 Å². The summed E-state index contributed by atoms with van der Waals surface area (Å²) in [4.78, 5) is 72.8. The maximum Gasteiger partial charge on any atom is 0.472 e. The van der Waals surface area contributed by atoms with Gasteiger partial charge in [0.25, 0.3) is 0 Å². The van der Waals surface area contributed by atoms with Crippen molar-refractivity contribution in [3.8, 4) is 0 Å². The molecule has 5 unspecified atom stereocenters. The van der Waals surface area contributed by atoms with E-state index in [9.17, 15) is 43.2 Å². The van der Waals surface area contributed by atoms with E-state index in [2.05, 4.69) is 88.5 Å². The number of carbonyl (C=O) groups excluding carboxylic acids is 4. The molecule has 0 aromatic carbocycles. The summed E-state index contributed by atoms with van der Waals surface area (Å²) in [5.74, 6) is -2.18. The highest BCUT2D eigenvalue weighted by Crippen LogP contribution is 2.45. The minimum absolute atomic E-state index is 0.0857. The lowest BCUT2D eigenvalue weighted by Gasteiger charge is -2.21. The van der Waals surface area contributed by atoms with Crippen molar-refractivity contribution < 1.29 is 80.2 Å². The molecule has 17 nitrogen and oxygen atoms in total. The molecular formula is C79H144O17P2. The van der Waals surface area contributed by atoms with Crippen LogP contribution in [0.25, 0.3) is 0 Å². The van der Waals surface area contributed by atoms with Crippen LogP contribution in [-0.4, -0.2) is 96.7 Å². The van der Waals surface area contributed by atoms with Crippen LogP contribution >= 0.6 is 15.6 Å². The first-order valence-corrected chi connectivity index (χ1v) is 42.5. The Morgan fingerprint density at radius 1 is 0.286 bits per heavy atom. The Morgan fingerprint density at radius 2 is 0.510 bits per heavy atom. The van der Waals surface area contributed by atoms with E-state index in [4.69, 9.17) is 37.0 Å². The van der Waals surface area contributed by atoms with Crippen molar-refractivity contribution in [1.82, 2.24) is 0 Å². The van der Waals surface area contributed by atoms with Crippen molar-refractivity contribution in [2.24, 2.45) is 0 Å². The molecule has 0 aromatic rings. The number of unbranched alkanes of at least 4 members (excludes halogenated alkanes) is 39. The Labute approximate surface area is 597 Å². The molecule has 0 heterocycles. The van der Waals surface area contributed by atoms with E-state index < -0.39 is 97.5 Å². The van der Waals surface area contributed by atoms with E-state index >= 15 is 0 Å². The van der Waals surface area contributed by atoms with Crippen LogP contribution < -0.4 is 0 Å². The van der Waals surface area contributed by atoms with Crippen LogP contribution in [0.5, 0.6) is 0 Å². The van der Waals surface area contributed by atoms with Gasteiger partial charge in [-0.1, -0.05) is 288 Å². The number of hydrogen-bond donors (Lipinski definition) is 3. The number of phosphoric acid groups is 2. The Kier molecular flexibility index (Phi) is 69.7. The Morgan fingerprint density at radius 3 is 0.827 bits per heavy atom. The van der Waals surface area contributed by atoms with Gasteiger partial charge in [0.1, 0.15) is 19.3 Å². The first-order valence-electron chi connectivity index (χ1n) is 39.5. The summed E-state index contributed by atoms with van der Waals surface area (Å²) < 4.78 is 68.5. The fraction of sp³-hybridized carbons (Fsp3) is 0.823. The van der Waals surface area contributed by atoms with Gasteiger partial charge in [-0.15, -0.1) is 0 Å². The van der Waals surface area contributed by atoms with E-state index in [0.29, 0.717) is 25.7 Å². The molecule has 0 radical (unpaired) electrons. The van der Waals surface area contributed by atoms with Crippen LogP contribution in [0.3, 0.4) is 0 Å². The second-order valence-electron chi connectivity index (χ2n) is 26.7. The van der Waals surface area contributed by atoms with Gasteiger partial charge in [0.15, 0.2) is 12.2 Å². The van der Waals surface area contributed by atoms with Crippen LogP contribution in [0.1, 0.15) is 362 Å². The third-order valence-electron chi connectivity index (χ3n) is 17.0. The first-order chi connectivity index (χ1) is 47.7. The van der Waals surface area contributed by atoms with Crippen LogP contribution in [0.4, 0.5) is 0 Å². The lowest BCUT2D eigenvalue weighted by molar-refractivity contribution is -0.161. The molecule has 572 valence electrons. The predicted molar refractivity (Wildman–Crippen MR) is 400 cm³/mol. The number of hydrogen-bond acceptors (Lipinski definition) is 15. The van der Waals surface area contributed by atoms with Gasteiger partial charge in [-0.3, -0.25) is 37.3 Å². The summed E-state index contributed by atoms with van der Waals surface area (Å²) in [7, 11) is -9.94. The molecule has 0 spiro atoms. The van der Waals surface area contributed by atoms with Crippen LogP contribution in [0.2, 0.25) is 0 Å². The lowest BCUT2D eigenvalue weighted by atomic mass is 10.0. The van der Waals surface area contributed by atoms with Gasteiger partial charge in [0.2, 0.25) is 0 Å². The minimum atomic E-state index is -4.97. The Hall–Kier alpha value is -3.24. The van der Waals surface area contributed by atoms with Crippen molar-refractivity contribution >= 4 is 39.5 Å². The number of rotatable bonds is 75. The fourth-order valence-electron chi connectivity index (χ4n) is 10.9. The van der Waals surface area contributed by atoms with Gasteiger partial charge in [0, 0.05) is 25.7 Å². The van der Waals surface area contributed by atoms with Gasteiger partial charge < -0.3 is 33.8 Å². The summed E-state index contributed by atoms with van der Waals surface area (Å²) in [6.45, 7) is 4.83. The summed E-state index contributed by atoms with van der Waals surface area (Å²) in [5.41, 5.74) is 0. The first kappa shape index (κ1) is 94.8. The molecule has 0 aromatic heterocycles. The molecule has 98 heavy (non-hydrogen) atoms. The summed E-state index contributed by atoms with van der Waals surface area (Å²) in [6.07, 6.45) is 70.6. The van der Waals surface area contributed by atoms with Crippen LogP contribution in [0.15, 0.2) is 60.8 Å². The Bertz CT molecular complexity index is 2100. The van der Waals surface area contributed by atoms with Gasteiger partial charge in [0.05, 0.1) is 26.4 Å². The maximum absolute atomic E-state index is 13.1. The molecule has 3 N–H and O–H groups in total. The second kappa shape index (κ2) is 72.1. The highest BCUT2D eigenvalue weighted by Gasteiger charge is 2.30. The van der Waals surface area contributed by atoms with Gasteiger partial charge in [-0.25, -0.2) is 9.13 Å². The summed E-state index contributed by atoms with van der Waals surface area (Å²) in [5, 5.41) is 10.6. The summed E-state index contributed by atoms with van der Waals surface area (Å²) in [6, 6.07) is 0. The number of carbonyl (C=O) groups is 4. The van der Waals surface area contributed by atoms with Crippen molar-refractivity contribution in [3.05, 3.63) is 60.8 Å². The third kappa shape index (κ3) is 71.2. The zero-order chi connectivity index (χ0) is 71.8. The van der Waals surface area contributed by atoms with Gasteiger partial charge in [-0.2, -0.15) is 0 Å². The van der Waals surface area contributed by atoms with Crippen molar-refractivity contribution in [3.63, 3.8) is 0 Å². The lowest BCUT2D eigenvalue weighted by Crippen LogP contribution is -2.30. The molecule has 0 aliphatic heterocycles. The normalized spacial score (nSPS) is 14.2. The molecule has 0 bridgehead atoms. The van der Waals surface area contributed by atoms with Crippen molar-refractivity contribution in [2.75, 3.05) is 39.6 Å². The molecule has 0 aliphatic carbocycles. The van der Waals surface area contributed by atoms with E-state index in [-0.39, 0.29) is 25.7 Å². The van der Waals surface area contributed by atoms with E-state index in [1.165, 1.54) is 128 Å². The van der Waals surface area contributed by atoms with Crippen molar-refractivity contribution in [2.45, 2.75) is 380 Å². The number of allylic oxidation sites excluding steroid dienone is 10. The van der Waals surface area contributed by atoms with E-state index in [1.54, 1.807) is 0 Å². The zero-order valence-corrected chi connectivity index (χ0v) is 64.3. The standard InChI is InChI=1S/C79H144O17P2/c1-5-9-13-17-21-25-29-32-34-35-36-37-39-41-45-48-52-56-60-64-77(82)90-70-75(96-79(84)66-62-58-54-50-46-42-38-33-30-26-22-18-14-10-6-2)72-94-98(87,88)92-68-73(80)67-91-97(85,86)93-71-74(95-78(83)65-61-57-53-49-43-28-24-20-16-12-8-4)69-89-76(81)63-59-55-51-47-44-40-31-27-23-19-15-11-7-3/h20-21,24-25,32-34,36-38,73-75,80H,5-19,22-23,26-31,35,39-72H2,1-4H3,(H,85,86)(H,87,88)/b24-20-,25-21-,34-32-,37-36-,38-33-. The molecular weight excluding hydrogens is 1280 g/mol. The van der Waals surface area contributed by atoms with E-state index in [0.717, 1.165) is 154 Å². The largest absolute Gasteiger partial charge is 0.472 e. The van der Waals surface area contributed by atoms with E-state index in [1.807, 2.05) is 0 Å². The highest BCUT2D eigenvalue weighted by atomic mass is 31.2. The molecule has 0 amide bonds. The average Bonchev–Trinajstić information content (AvgIpc) is 0.981. The number of esters is 4. The summed E-state index contributed by atoms with van der Waals surface area (Å²) >= 11 is 0. The monoisotopic (exact) mass is 1430 g/mol. The fourth-order valence-corrected chi connectivity index (χ4v) is 12.4. The smallest absolute Gasteiger partial charge is 0.462 e. The average molecular weight is 1430 g/mol. The number of phosphoric ester groups is 2. The third-order valence-corrected chi connectivity index (χ3v) is 18.9. The zero-order valence-electron chi connectivity index (χ0n) is 62.5. The SMILES string of the molecule is CCCC/C=C\CCCCCCCC(=O)OC(COC(=O)CCCCCCCCCCCCCCC)COP(=O)(O)OCC(O)COP(=O)(O)OCC(COC(=O)CCCCCCCC/C=C\C/C=C\C/C=C\CCCCC)OC(=O)CCCCCCC/C=C\CCCCCCCC. The molecule has 19 heteroatoms. The molecule has 5 atom stereocenters. The van der Waals surface area contributed by atoms with Crippen LogP contribution in [-0.2, 0) is 65.4 Å². The molecule has 0 aliphatic rings.